The maximum Gasteiger partial charge on any atom is 3.00 e. The average Bonchev–Trinajstić information content (AvgIpc) is 1.64. The molecule has 0 unspecified atom stereocenters. The number of nitrogens with zero attached hydrogens (tertiary/aromatic N) is 11. The molecule has 0 radical (unpaired) electrons. The van der Waals surface area contributed by atoms with Gasteiger partial charge in [0, 0.05) is 65.5 Å². The maximum absolute atomic E-state index is 5.08. The van der Waals surface area contributed by atoms with Gasteiger partial charge in [0.05, 0.1) is 42.1 Å². The van der Waals surface area contributed by atoms with E-state index in [2.05, 4.69) is 278 Å². The Labute approximate surface area is 734 Å². The number of oxazole rings is 1. The van der Waals surface area contributed by atoms with Crippen LogP contribution in [0.4, 0.5) is 0 Å². The molecule has 14 aromatic carbocycles. The number of para-hydroxylation sites is 4. The van der Waals surface area contributed by atoms with E-state index in [1.165, 1.54) is 66.8 Å². The van der Waals surface area contributed by atoms with Gasteiger partial charge < -0.3 is 8.98 Å². The number of hydrogen-bond acceptors (Lipinski definition) is 7. The molecule has 20 rings (SSSR count). The van der Waals surface area contributed by atoms with Crippen molar-refractivity contribution in [1.82, 2.24) is 53.7 Å². The SMILES string of the molecule is Cc1nn(-c2[c-]cccc2)c(C)c1-c1ccc(-c2ccccc2)cc1.Cc1nn(-c2[c-]cccc2)c(C)c1-c1ccc(-c2ccccc2)cc1.Cn1ccnc1-c1[c-]cccc1.[Ir+3].[Ir+3].[c-]1ccccc1-c1ncco1.[c-]1ccccc1-n1cc(-c2ccc(-c3ccccc3)cc2)cn1.[c-]1ccccc1-n1cc(-c2ccc(-c3ccccc3)cc2)cn1. The largest absolute Gasteiger partial charge is 3.00 e. The Kier molecular flexibility index (Phi) is 29.5. The Bertz CT molecular complexity index is 6110. The van der Waals surface area contributed by atoms with Crippen molar-refractivity contribution >= 4 is 0 Å². The molecule has 0 bridgehead atoms. The summed E-state index contributed by atoms with van der Waals surface area (Å²) < 4.78 is 14.7. The van der Waals surface area contributed by atoms with Crippen molar-refractivity contribution in [3.05, 3.63) is 473 Å². The summed E-state index contributed by atoms with van der Waals surface area (Å²) in [5, 5.41) is 18.3. The van der Waals surface area contributed by atoms with Crippen LogP contribution in [0.1, 0.15) is 22.8 Å². The minimum absolute atomic E-state index is 0. The summed E-state index contributed by atoms with van der Waals surface area (Å²) in [6, 6.07) is 142. The van der Waals surface area contributed by atoms with Crippen molar-refractivity contribution in [3.63, 3.8) is 0 Å². The van der Waals surface area contributed by atoms with Gasteiger partial charge in [-0.05, 0) is 117 Å². The summed E-state index contributed by atoms with van der Waals surface area (Å²) in [6.45, 7) is 8.35. The van der Waals surface area contributed by atoms with Crippen molar-refractivity contribution < 1.29 is 44.6 Å². The van der Waals surface area contributed by atoms with Crippen LogP contribution in [0.2, 0.25) is 0 Å². The fraction of sp³-hybridized carbons (Fsp3) is 0.0467. The van der Waals surface area contributed by atoms with Gasteiger partial charge in [0.1, 0.15) is 5.89 Å². The Morgan fingerprint density at radius 3 is 0.876 bits per heavy atom. The Morgan fingerprint density at radius 1 is 0.281 bits per heavy atom. The van der Waals surface area contributed by atoms with E-state index in [4.69, 9.17) is 14.6 Å². The molecule has 0 fully saturated rings. The van der Waals surface area contributed by atoms with E-state index in [1.54, 1.807) is 18.7 Å². The van der Waals surface area contributed by atoms with E-state index < -0.39 is 0 Å². The first kappa shape index (κ1) is 84.5. The Hall–Kier alpha value is -14.4. The van der Waals surface area contributed by atoms with Gasteiger partial charge in [0.2, 0.25) is 0 Å². The molecule has 0 aliphatic rings. The molecule has 0 N–H and O–H groups in total. The van der Waals surface area contributed by atoms with Gasteiger partial charge in [-0.1, -0.05) is 224 Å². The number of benzene rings is 14. The molecule has 14 heteroatoms. The van der Waals surface area contributed by atoms with E-state index in [0.717, 1.165) is 84.7 Å². The van der Waals surface area contributed by atoms with Gasteiger partial charge in [-0.2, -0.15) is 117 Å². The van der Waals surface area contributed by atoms with Crippen molar-refractivity contribution in [1.29, 1.82) is 0 Å². The van der Waals surface area contributed by atoms with Crippen LogP contribution in [0.5, 0.6) is 0 Å². The van der Waals surface area contributed by atoms with Gasteiger partial charge in [-0.15, -0.1) is 90.5 Å². The average molecular weight is 1920 g/mol. The number of aromatic nitrogens is 11. The summed E-state index contributed by atoms with van der Waals surface area (Å²) in [5.74, 6) is 1.57. The van der Waals surface area contributed by atoms with E-state index in [1.807, 2.05) is 231 Å². The molecule has 6 heterocycles. The van der Waals surface area contributed by atoms with Crippen LogP contribution in [0, 0.1) is 64.1 Å². The second-order valence-electron chi connectivity index (χ2n) is 27.8. The molecule has 0 amide bonds. The van der Waals surface area contributed by atoms with Crippen molar-refractivity contribution in [3.8, 4) is 135 Å². The molecule has 20 aromatic rings. The molecule has 0 atom stereocenters. The monoisotopic (exact) mass is 1920 g/mol. The predicted octanol–water partition coefficient (Wildman–Crippen LogP) is 25.3. The molecular formula is C107H83Ir2N11O. The summed E-state index contributed by atoms with van der Waals surface area (Å²) in [4.78, 5) is 8.21. The summed E-state index contributed by atoms with van der Waals surface area (Å²) in [7, 11) is 1.98. The fourth-order valence-electron chi connectivity index (χ4n) is 13.8. The topological polar surface area (TPSA) is 115 Å². The molecule has 0 spiro atoms. The van der Waals surface area contributed by atoms with Crippen molar-refractivity contribution in [2.45, 2.75) is 27.7 Å². The van der Waals surface area contributed by atoms with Crippen molar-refractivity contribution in [2.75, 3.05) is 0 Å². The Morgan fingerprint density at radius 2 is 0.579 bits per heavy atom. The quantitative estimate of drug-likeness (QED) is 0.0996. The third-order valence-corrected chi connectivity index (χ3v) is 19.8. The normalized spacial score (nSPS) is 10.4. The number of rotatable bonds is 14. The molecule has 590 valence electrons. The summed E-state index contributed by atoms with van der Waals surface area (Å²) in [6.07, 6.45) is 14.7. The maximum atomic E-state index is 5.08. The first-order valence-electron chi connectivity index (χ1n) is 39.2. The van der Waals surface area contributed by atoms with Crippen LogP contribution in [0.15, 0.2) is 418 Å². The van der Waals surface area contributed by atoms with Crippen LogP contribution in [0.3, 0.4) is 0 Å². The van der Waals surface area contributed by atoms with Gasteiger partial charge in [0.25, 0.3) is 0 Å². The smallest absolute Gasteiger partial charge is 0.489 e. The second kappa shape index (κ2) is 42.2. The molecule has 121 heavy (non-hydrogen) atoms. The van der Waals surface area contributed by atoms with Crippen LogP contribution >= 0.6 is 0 Å². The molecule has 0 saturated carbocycles. The van der Waals surface area contributed by atoms with Crippen LogP contribution in [0.25, 0.3) is 135 Å². The second-order valence-corrected chi connectivity index (χ2v) is 27.8. The standard InChI is InChI=1S/2C23H19N2.2C21H15N2.C10H9N2.C9H6NO.2Ir/c2*1-17-23(18(2)25(24-17)22-11-7-4-8-12-22)21-15-13-20(14-16-21)19-9-5-3-6-10-19;2*1-3-7-17(8-4-1)18-11-13-19(14-12-18)20-15-22-23(16-20)21-9-5-2-6-10-21;1-12-8-7-11-10(12)9-5-3-2-4-6-9;1-2-4-8(5-3-1)9-10-6-7-11-9;;/h2*3-11,13-16H,1-2H3;2*1-9,11-16H;2-5,7-8H,1H3;1-4,6-7H;;/q6*-1;2*+3. The summed E-state index contributed by atoms with van der Waals surface area (Å²) >= 11 is 0. The molecule has 0 aliphatic carbocycles. The minimum atomic E-state index is 0. The first-order valence-corrected chi connectivity index (χ1v) is 39.2. The molecule has 6 aromatic heterocycles. The number of imidazole rings is 1. The van der Waals surface area contributed by atoms with Gasteiger partial charge in [0.15, 0.2) is 0 Å². The number of hydrogen-bond donors (Lipinski definition) is 0. The predicted molar refractivity (Wildman–Crippen MR) is 480 cm³/mol. The van der Waals surface area contributed by atoms with Gasteiger partial charge in [-0.25, -0.2) is 0 Å². The van der Waals surface area contributed by atoms with E-state index >= 15 is 0 Å². The zero-order chi connectivity index (χ0) is 81.3. The van der Waals surface area contributed by atoms with E-state index in [9.17, 15) is 0 Å². The molecule has 0 aliphatic heterocycles. The zero-order valence-electron chi connectivity index (χ0n) is 67.3. The van der Waals surface area contributed by atoms with E-state index in [-0.39, 0.29) is 40.2 Å². The molecule has 12 nitrogen and oxygen atoms in total. The van der Waals surface area contributed by atoms with Crippen molar-refractivity contribution in [2.24, 2.45) is 7.05 Å². The molecular weight excluding hydrogens is 1840 g/mol. The Balaban J connectivity index is 0.000000128. The summed E-state index contributed by atoms with van der Waals surface area (Å²) in [5.41, 5.74) is 29.2. The first-order chi connectivity index (χ1) is 58.6. The van der Waals surface area contributed by atoms with Gasteiger partial charge >= 0.3 is 40.2 Å². The van der Waals surface area contributed by atoms with Gasteiger partial charge in [-0.3, -0.25) is 28.7 Å². The minimum Gasteiger partial charge on any atom is -0.489 e. The molecule has 0 saturated heterocycles. The zero-order valence-corrected chi connectivity index (χ0v) is 72.0. The fourth-order valence-corrected chi connectivity index (χ4v) is 13.8. The third kappa shape index (κ3) is 21.7. The number of aryl methyl sites for hydroxylation is 3. The van der Waals surface area contributed by atoms with Crippen LogP contribution < -0.4 is 0 Å². The third-order valence-electron chi connectivity index (χ3n) is 19.8. The van der Waals surface area contributed by atoms with Crippen LogP contribution in [-0.4, -0.2) is 53.7 Å². The van der Waals surface area contributed by atoms with Crippen LogP contribution in [-0.2, 0) is 47.3 Å². The van der Waals surface area contributed by atoms with E-state index in [0.29, 0.717) is 5.89 Å².